The molecule has 2 N–H and O–H groups in total. The van der Waals surface area contributed by atoms with Crippen molar-refractivity contribution in [2.45, 2.75) is 19.3 Å². The molecule has 0 aliphatic carbocycles. The number of aromatic carboxylic acids is 1. The van der Waals surface area contributed by atoms with E-state index < -0.39 is 16.0 Å². The highest BCUT2D eigenvalue weighted by Gasteiger charge is 2.10. The normalized spacial score (nSPS) is 11.5. The Kier molecular flexibility index (Phi) is 7.03. The number of carboxylic acid groups (broad SMARTS) is 1. The Morgan fingerprint density at radius 1 is 0.867 bits per heavy atom. The fraction of sp³-hybridized carbons (Fsp3) is 0.125. The van der Waals surface area contributed by atoms with Gasteiger partial charge < -0.3 is 5.11 Å². The lowest BCUT2D eigenvalue weighted by Crippen LogP contribution is -2.10. The third-order valence-electron chi connectivity index (χ3n) is 4.62. The Labute approximate surface area is 176 Å². The molecule has 3 rings (SSSR count). The third kappa shape index (κ3) is 6.32. The van der Waals surface area contributed by atoms with E-state index in [9.17, 15) is 13.2 Å². The summed E-state index contributed by atoms with van der Waals surface area (Å²) in [5.74, 6) is -0.941. The van der Waals surface area contributed by atoms with Crippen LogP contribution < -0.4 is 4.72 Å². The Bertz CT molecular complexity index is 1120. The number of para-hydroxylation sites is 1. The molecule has 0 aliphatic heterocycles. The molecule has 3 aromatic rings. The molecule has 154 valence electrons. The summed E-state index contributed by atoms with van der Waals surface area (Å²) in [5, 5.41) is 10.1. The van der Waals surface area contributed by atoms with Crippen LogP contribution in [0.5, 0.6) is 0 Å². The van der Waals surface area contributed by atoms with E-state index in [0.717, 1.165) is 29.5 Å². The lowest BCUT2D eigenvalue weighted by Gasteiger charge is -2.11. The van der Waals surface area contributed by atoms with Crippen molar-refractivity contribution >= 4 is 27.8 Å². The van der Waals surface area contributed by atoms with Crippen LogP contribution in [0, 0.1) is 0 Å². The number of aryl methyl sites for hydroxylation is 2. The van der Waals surface area contributed by atoms with Crippen LogP contribution in [0.3, 0.4) is 0 Å². The predicted octanol–water partition coefficient (Wildman–Crippen LogP) is 4.97. The number of nitrogens with one attached hydrogen (secondary N) is 1. The Balaban J connectivity index is 1.62. The molecule has 3 aromatic carbocycles. The topological polar surface area (TPSA) is 83.5 Å². The molecule has 6 heteroatoms. The lowest BCUT2D eigenvalue weighted by atomic mass is 10.0. The molecule has 0 heterocycles. The maximum Gasteiger partial charge on any atom is 0.335 e. The fourth-order valence-corrected chi connectivity index (χ4v) is 3.96. The second kappa shape index (κ2) is 9.89. The van der Waals surface area contributed by atoms with E-state index in [4.69, 9.17) is 5.11 Å². The van der Waals surface area contributed by atoms with Crippen LogP contribution in [-0.4, -0.2) is 19.5 Å². The minimum absolute atomic E-state index is 0.266. The van der Waals surface area contributed by atoms with E-state index >= 15 is 0 Å². The first kappa shape index (κ1) is 21.3. The number of hydrogen-bond acceptors (Lipinski definition) is 3. The molecule has 0 fully saturated rings. The van der Waals surface area contributed by atoms with Gasteiger partial charge in [-0.1, -0.05) is 60.7 Å². The summed E-state index contributed by atoms with van der Waals surface area (Å²) in [6.45, 7) is 0. The molecular formula is C24H23NO4S. The van der Waals surface area contributed by atoms with Gasteiger partial charge in [-0.15, -0.1) is 0 Å². The van der Waals surface area contributed by atoms with E-state index in [-0.39, 0.29) is 5.56 Å². The fourth-order valence-electron chi connectivity index (χ4n) is 3.05. The van der Waals surface area contributed by atoms with Crippen molar-refractivity contribution in [3.63, 3.8) is 0 Å². The Morgan fingerprint density at radius 2 is 1.53 bits per heavy atom. The minimum atomic E-state index is -3.63. The summed E-state index contributed by atoms with van der Waals surface area (Å²) >= 11 is 0. The molecule has 0 aromatic heterocycles. The monoisotopic (exact) mass is 421 g/mol. The van der Waals surface area contributed by atoms with Crippen molar-refractivity contribution in [3.8, 4) is 0 Å². The molecule has 0 aliphatic rings. The van der Waals surface area contributed by atoms with Crippen LogP contribution in [0.15, 0.2) is 84.3 Å². The van der Waals surface area contributed by atoms with E-state index in [0.29, 0.717) is 12.1 Å². The summed E-state index contributed by atoms with van der Waals surface area (Å²) in [4.78, 5) is 10.9. The largest absolute Gasteiger partial charge is 0.478 e. The molecule has 30 heavy (non-hydrogen) atoms. The maximum absolute atomic E-state index is 12.5. The van der Waals surface area contributed by atoms with Gasteiger partial charge in [0.2, 0.25) is 0 Å². The number of sulfonamides is 1. The molecule has 0 bridgehead atoms. The van der Waals surface area contributed by atoms with E-state index in [1.165, 1.54) is 5.41 Å². The first-order valence-corrected chi connectivity index (χ1v) is 11.1. The quantitative estimate of drug-likeness (QED) is 0.511. The average molecular weight is 422 g/mol. The van der Waals surface area contributed by atoms with Crippen molar-refractivity contribution in [1.82, 2.24) is 0 Å². The van der Waals surface area contributed by atoms with Gasteiger partial charge >= 0.3 is 5.97 Å². The highest BCUT2D eigenvalue weighted by molar-refractivity contribution is 7.95. The molecular weight excluding hydrogens is 398 g/mol. The number of hydrogen-bond donors (Lipinski definition) is 2. The smallest absolute Gasteiger partial charge is 0.335 e. The predicted molar refractivity (Wildman–Crippen MR) is 120 cm³/mol. The molecule has 0 saturated heterocycles. The van der Waals surface area contributed by atoms with Crippen molar-refractivity contribution in [2.75, 3.05) is 4.72 Å². The standard InChI is InChI=1S/C24H23NO4S/c26-24(27)22-15-13-20(14-16-22)9-6-11-21-10-4-5-12-23(21)25-30(28,29)18-17-19-7-2-1-3-8-19/h1-5,7-8,10,12-18,25H,6,9,11H2,(H,26,27). The van der Waals surface area contributed by atoms with Gasteiger partial charge in [0, 0.05) is 0 Å². The molecule has 0 amide bonds. The summed E-state index contributed by atoms with van der Waals surface area (Å²) in [5.41, 5.74) is 3.60. The first-order valence-electron chi connectivity index (χ1n) is 9.59. The molecule has 5 nitrogen and oxygen atoms in total. The van der Waals surface area contributed by atoms with Crippen LogP contribution in [-0.2, 0) is 22.9 Å². The second-order valence-corrected chi connectivity index (χ2v) is 8.44. The zero-order valence-electron chi connectivity index (χ0n) is 16.4. The van der Waals surface area contributed by atoms with Crippen LogP contribution in [0.4, 0.5) is 5.69 Å². The average Bonchev–Trinajstić information content (AvgIpc) is 2.74. The summed E-state index contributed by atoms with van der Waals surface area (Å²) < 4.78 is 27.6. The van der Waals surface area contributed by atoms with Crippen molar-refractivity contribution in [1.29, 1.82) is 0 Å². The Morgan fingerprint density at radius 3 is 2.23 bits per heavy atom. The number of carbonyl (C=O) groups is 1. The van der Waals surface area contributed by atoms with Crippen LogP contribution in [0.25, 0.3) is 6.08 Å². The van der Waals surface area contributed by atoms with Gasteiger partial charge in [0.05, 0.1) is 16.7 Å². The summed E-state index contributed by atoms with van der Waals surface area (Å²) in [6.07, 6.45) is 3.84. The molecule has 0 radical (unpaired) electrons. The van der Waals surface area contributed by atoms with Crippen molar-refractivity contribution in [2.24, 2.45) is 0 Å². The number of rotatable bonds is 9. The van der Waals surface area contributed by atoms with Gasteiger partial charge in [-0.3, -0.25) is 4.72 Å². The summed E-state index contributed by atoms with van der Waals surface area (Å²) in [7, 11) is -3.63. The SMILES string of the molecule is O=C(O)c1ccc(CCCc2ccccc2NS(=O)(=O)C=Cc2ccccc2)cc1. The molecule has 0 saturated carbocycles. The van der Waals surface area contributed by atoms with E-state index in [1.807, 2.05) is 54.6 Å². The maximum atomic E-state index is 12.5. The number of anilines is 1. The number of benzene rings is 3. The van der Waals surface area contributed by atoms with Crippen LogP contribution >= 0.6 is 0 Å². The number of carboxylic acids is 1. The zero-order chi connectivity index (χ0) is 21.4. The molecule has 0 spiro atoms. The molecule has 0 unspecified atom stereocenters. The van der Waals surface area contributed by atoms with Crippen molar-refractivity contribution in [3.05, 3.63) is 107 Å². The second-order valence-electron chi connectivity index (χ2n) is 6.87. The summed E-state index contributed by atoms with van der Waals surface area (Å²) in [6, 6.07) is 23.4. The minimum Gasteiger partial charge on any atom is -0.478 e. The van der Waals surface area contributed by atoms with Gasteiger partial charge in [0.25, 0.3) is 10.0 Å². The van der Waals surface area contributed by atoms with Gasteiger partial charge in [-0.25, -0.2) is 13.2 Å². The molecule has 0 atom stereocenters. The van der Waals surface area contributed by atoms with Gasteiger partial charge in [0.1, 0.15) is 0 Å². The zero-order valence-corrected chi connectivity index (χ0v) is 17.2. The Hall–Kier alpha value is -3.38. The van der Waals surface area contributed by atoms with Crippen LogP contribution in [0.1, 0.15) is 33.5 Å². The third-order valence-corrected chi connectivity index (χ3v) is 5.62. The first-order chi connectivity index (χ1) is 14.4. The van der Waals surface area contributed by atoms with Gasteiger partial charge in [-0.05, 0) is 60.2 Å². The highest BCUT2D eigenvalue weighted by Crippen LogP contribution is 2.20. The lowest BCUT2D eigenvalue weighted by molar-refractivity contribution is 0.0697. The van der Waals surface area contributed by atoms with Crippen LogP contribution in [0.2, 0.25) is 0 Å². The van der Waals surface area contributed by atoms with Gasteiger partial charge in [0.15, 0.2) is 0 Å². The highest BCUT2D eigenvalue weighted by atomic mass is 32.2. The van der Waals surface area contributed by atoms with Crippen molar-refractivity contribution < 1.29 is 18.3 Å². The van der Waals surface area contributed by atoms with E-state index in [2.05, 4.69) is 4.72 Å². The van der Waals surface area contributed by atoms with Gasteiger partial charge in [-0.2, -0.15) is 0 Å². The van der Waals surface area contributed by atoms with E-state index in [1.54, 1.807) is 30.3 Å².